The summed E-state index contributed by atoms with van der Waals surface area (Å²) in [5, 5.41) is 3.50. The fraction of sp³-hybridized carbons (Fsp3) is 0.333. The van der Waals surface area contributed by atoms with Gasteiger partial charge in [0.25, 0.3) is 0 Å². The molecular formula is C24H39NSi2. The Bertz CT molecular complexity index is 442. The van der Waals surface area contributed by atoms with E-state index in [1.807, 2.05) is 36.5 Å². The van der Waals surface area contributed by atoms with Gasteiger partial charge in [0, 0.05) is 13.1 Å². The van der Waals surface area contributed by atoms with Gasteiger partial charge < -0.3 is 5.32 Å². The molecule has 0 spiro atoms. The first-order valence-corrected chi connectivity index (χ1v) is 15.2. The molecule has 0 aliphatic rings. The van der Waals surface area contributed by atoms with E-state index in [4.69, 9.17) is 0 Å². The Kier molecular flexibility index (Phi) is 14.4. The fourth-order valence-electron chi connectivity index (χ4n) is 3.50. The van der Waals surface area contributed by atoms with Crippen LogP contribution in [0.2, 0.25) is 36.3 Å². The van der Waals surface area contributed by atoms with E-state index in [1.54, 1.807) is 0 Å². The molecule has 0 rings (SSSR count). The third-order valence-electron chi connectivity index (χ3n) is 4.77. The lowest BCUT2D eigenvalue weighted by Gasteiger charge is -2.25. The van der Waals surface area contributed by atoms with Crippen LogP contribution in [0.3, 0.4) is 0 Å². The van der Waals surface area contributed by atoms with Gasteiger partial charge in [0.15, 0.2) is 0 Å². The van der Waals surface area contributed by atoms with Crippen molar-refractivity contribution in [3.05, 3.63) is 99.5 Å². The highest BCUT2D eigenvalue weighted by atomic mass is 28.3. The third-order valence-corrected chi connectivity index (χ3v) is 13.3. The van der Waals surface area contributed by atoms with Crippen LogP contribution >= 0.6 is 0 Å². The van der Waals surface area contributed by atoms with Gasteiger partial charge in [-0.1, -0.05) is 60.0 Å². The molecule has 0 amide bonds. The molecule has 0 fully saturated rings. The first kappa shape index (κ1) is 25.3. The van der Waals surface area contributed by atoms with E-state index in [2.05, 4.69) is 68.3 Å². The van der Waals surface area contributed by atoms with Gasteiger partial charge in [0.2, 0.25) is 0 Å². The number of nitrogens with one attached hydrogen (secondary N) is 1. The summed E-state index contributed by atoms with van der Waals surface area (Å²) in [4.78, 5) is 0. The first-order valence-electron chi connectivity index (χ1n) is 9.79. The monoisotopic (exact) mass is 397 g/mol. The van der Waals surface area contributed by atoms with Gasteiger partial charge in [-0.05, 0) is 36.3 Å². The summed E-state index contributed by atoms with van der Waals surface area (Å²) >= 11 is 0. The van der Waals surface area contributed by atoms with Crippen molar-refractivity contribution in [2.45, 2.75) is 36.3 Å². The van der Waals surface area contributed by atoms with Crippen LogP contribution in [-0.4, -0.2) is 29.2 Å². The third kappa shape index (κ3) is 10.3. The van der Waals surface area contributed by atoms with Crippen molar-refractivity contribution in [1.29, 1.82) is 0 Å². The van der Waals surface area contributed by atoms with E-state index in [0.717, 1.165) is 49.4 Å². The predicted molar refractivity (Wildman–Crippen MR) is 133 cm³/mol. The lowest BCUT2D eigenvalue weighted by atomic mass is 10.5. The van der Waals surface area contributed by atoms with Crippen LogP contribution in [0.25, 0.3) is 0 Å². The molecule has 0 aliphatic heterocycles. The molecule has 0 radical (unpaired) electrons. The molecule has 1 nitrogen and oxygen atoms in total. The number of hydrogen-bond donors (Lipinski definition) is 1. The highest BCUT2D eigenvalue weighted by molar-refractivity contribution is 6.86. The smallest absolute Gasteiger partial charge is 0.0885 e. The Labute approximate surface area is 170 Å². The van der Waals surface area contributed by atoms with Crippen LogP contribution in [-0.2, 0) is 0 Å². The van der Waals surface area contributed by atoms with E-state index in [0.29, 0.717) is 0 Å². The Hall–Kier alpha value is -1.69. The lowest BCUT2D eigenvalue weighted by molar-refractivity contribution is 0.843. The summed E-state index contributed by atoms with van der Waals surface area (Å²) in [5.74, 6) is 0. The molecule has 0 aromatic carbocycles. The summed E-state index contributed by atoms with van der Waals surface area (Å²) in [7, 11) is -3.09. The largest absolute Gasteiger partial charge is 0.310 e. The van der Waals surface area contributed by atoms with Crippen LogP contribution in [0.4, 0.5) is 0 Å². The second-order valence-corrected chi connectivity index (χ2v) is 15.7. The molecule has 148 valence electrons. The average Bonchev–Trinajstić information content (AvgIpc) is 2.62. The molecule has 3 heteroatoms. The lowest BCUT2D eigenvalue weighted by Crippen LogP contribution is -2.31. The van der Waals surface area contributed by atoms with Gasteiger partial charge in [-0.3, -0.25) is 0 Å². The zero-order valence-corrected chi connectivity index (χ0v) is 19.2. The van der Waals surface area contributed by atoms with E-state index in [1.165, 1.54) is 0 Å². The summed E-state index contributed by atoms with van der Waals surface area (Å²) in [5.41, 5.74) is 4.86. The van der Waals surface area contributed by atoms with Crippen molar-refractivity contribution in [2.75, 3.05) is 13.1 Å². The second kappa shape index (κ2) is 15.4. The van der Waals surface area contributed by atoms with Gasteiger partial charge in [-0.2, -0.15) is 0 Å². The first-order chi connectivity index (χ1) is 13.1. The van der Waals surface area contributed by atoms with E-state index < -0.39 is 16.1 Å². The van der Waals surface area contributed by atoms with Crippen molar-refractivity contribution in [2.24, 2.45) is 0 Å². The van der Waals surface area contributed by atoms with Crippen molar-refractivity contribution >= 4 is 16.1 Å². The molecule has 0 aromatic rings. The molecule has 0 aliphatic carbocycles. The molecule has 0 heterocycles. The minimum atomic E-state index is -1.55. The molecule has 0 saturated heterocycles. The van der Waals surface area contributed by atoms with Crippen LogP contribution in [0.1, 0.15) is 0 Å². The maximum atomic E-state index is 3.94. The highest BCUT2D eigenvalue weighted by Crippen LogP contribution is 2.25. The number of hydrogen-bond acceptors (Lipinski definition) is 1. The summed E-state index contributed by atoms with van der Waals surface area (Å²) in [6.07, 6.45) is 16.8. The Morgan fingerprint density at radius 1 is 0.481 bits per heavy atom. The molecular weight excluding hydrogens is 358 g/mol. The molecule has 0 unspecified atom stereocenters. The van der Waals surface area contributed by atoms with Gasteiger partial charge in [-0.15, -0.1) is 39.5 Å². The van der Waals surface area contributed by atoms with Crippen molar-refractivity contribution in [3.8, 4) is 0 Å². The fourth-order valence-corrected chi connectivity index (χ4v) is 10.0. The van der Waals surface area contributed by atoms with E-state index >= 15 is 0 Å². The SMILES string of the molecule is C=CC[Si](C=CCNCC=C[Si](CC=C)(CC=C)CC=C)(CC=C)CC=C. The van der Waals surface area contributed by atoms with E-state index in [-0.39, 0.29) is 0 Å². The van der Waals surface area contributed by atoms with Crippen molar-refractivity contribution < 1.29 is 0 Å². The minimum absolute atomic E-state index is 0.878. The van der Waals surface area contributed by atoms with Crippen molar-refractivity contribution in [3.63, 3.8) is 0 Å². The number of allylic oxidation sites excluding steroid dienone is 6. The molecule has 0 bridgehead atoms. The van der Waals surface area contributed by atoms with Gasteiger partial charge in [-0.25, -0.2) is 0 Å². The molecule has 27 heavy (non-hydrogen) atoms. The van der Waals surface area contributed by atoms with Crippen LogP contribution in [0.5, 0.6) is 0 Å². The normalized spacial score (nSPS) is 12.1. The summed E-state index contributed by atoms with van der Waals surface area (Å²) < 4.78 is 0. The average molecular weight is 398 g/mol. The molecule has 0 saturated carbocycles. The van der Waals surface area contributed by atoms with Crippen LogP contribution < -0.4 is 5.32 Å². The Morgan fingerprint density at radius 3 is 0.963 bits per heavy atom. The summed E-state index contributed by atoms with van der Waals surface area (Å²) in [6.45, 7) is 25.4. The van der Waals surface area contributed by atoms with Gasteiger partial charge in [0.1, 0.15) is 0 Å². The molecule has 1 N–H and O–H groups in total. The van der Waals surface area contributed by atoms with Crippen LogP contribution in [0, 0.1) is 0 Å². The highest BCUT2D eigenvalue weighted by Gasteiger charge is 2.26. The number of rotatable bonds is 18. The van der Waals surface area contributed by atoms with E-state index in [9.17, 15) is 0 Å². The maximum Gasteiger partial charge on any atom is 0.0885 e. The Morgan fingerprint density at radius 2 is 0.741 bits per heavy atom. The maximum absolute atomic E-state index is 3.94. The topological polar surface area (TPSA) is 12.0 Å². The standard InChI is InChI=1S/C24H39NSi2/c1-7-17-26(18-8-2,19-9-3)23-13-15-25-16-14-24-27(20-10-4,21-11-5)22-12-6/h7-14,23-25H,1-6,15-22H2. The van der Waals surface area contributed by atoms with Gasteiger partial charge >= 0.3 is 0 Å². The van der Waals surface area contributed by atoms with Crippen molar-refractivity contribution in [1.82, 2.24) is 5.32 Å². The minimum Gasteiger partial charge on any atom is -0.310 e. The Balaban J connectivity index is 4.75. The second-order valence-electron chi connectivity index (χ2n) is 7.14. The molecule has 0 atom stereocenters. The quantitative estimate of drug-likeness (QED) is 0.153. The predicted octanol–water partition coefficient (Wildman–Crippen LogP) is 6.78. The zero-order valence-electron chi connectivity index (χ0n) is 17.2. The van der Waals surface area contributed by atoms with Crippen LogP contribution in [0.15, 0.2) is 99.5 Å². The zero-order chi connectivity index (χ0) is 20.4. The van der Waals surface area contributed by atoms with Gasteiger partial charge in [0.05, 0.1) is 16.1 Å². The molecule has 0 aromatic heterocycles. The summed E-state index contributed by atoms with van der Waals surface area (Å²) in [6, 6.07) is 6.42.